The lowest BCUT2D eigenvalue weighted by molar-refractivity contribution is 0.242. The number of anilines is 3. The van der Waals surface area contributed by atoms with E-state index in [4.69, 9.17) is 10.5 Å². The van der Waals surface area contributed by atoms with Crippen LogP contribution in [0.1, 0.15) is 19.4 Å². The van der Waals surface area contributed by atoms with E-state index in [9.17, 15) is 5.26 Å². The largest absolute Gasteiger partial charge is 0.491 e. The topological polar surface area (TPSA) is 62.3 Å². The standard InChI is InChI=1S/C17H19N3O/c1-12(2)21-16-9-14(19)8-15(10-16)20(3)17-7-5-4-6-13(17)11-18/h4-10,12H,19H2,1-3H3. The maximum Gasteiger partial charge on any atom is 0.123 e. The number of para-hydroxylation sites is 1. The molecule has 0 fully saturated rings. The molecule has 108 valence electrons. The van der Waals surface area contributed by atoms with Gasteiger partial charge in [0.2, 0.25) is 0 Å². The number of ether oxygens (including phenoxy) is 1. The monoisotopic (exact) mass is 281 g/mol. The highest BCUT2D eigenvalue weighted by atomic mass is 16.5. The Morgan fingerprint density at radius 2 is 1.90 bits per heavy atom. The van der Waals surface area contributed by atoms with Crippen LogP contribution in [0.3, 0.4) is 0 Å². The van der Waals surface area contributed by atoms with Gasteiger partial charge in [-0.05, 0) is 32.0 Å². The van der Waals surface area contributed by atoms with Crippen molar-refractivity contribution in [1.29, 1.82) is 5.26 Å². The first kappa shape index (κ1) is 14.7. The summed E-state index contributed by atoms with van der Waals surface area (Å²) in [5.41, 5.74) is 8.92. The molecule has 4 nitrogen and oxygen atoms in total. The summed E-state index contributed by atoms with van der Waals surface area (Å²) in [6.07, 6.45) is 0.0800. The van der Waals surface area contributed by atoms with Crippen LogP contribution in [0.2, 0.25) is 0 Å². The molecule has 0 aliphatic heterocycles. The Hall–Kier alpha value is -2.67. The van der Waals surface area contributed by atoms with E-state index in [-0.39, 0.29) is 6.10 Å². The van der Waals surface area contributed by atoms with Gasteiger partial charge in [0, 0.05) is 30.6 Å². The number of nitrogens with two attached hydrogens (primary N) is 1. The van der Waals surface area contributed by atoms with Crippen LogP contribution in [-0.4, -0.2) is 13.2 Å². The number of nitrogen functional groups attached to an aromatic ring is 1. The number of nitrogens with zero attached hydrogens (tertiary/aromatic N) is 2. The lowest BCUT2D eigenvalue weighted by Crippen LogP contribution is -2.12. The molecule has 0 saturated heterocycles. The van der Waals surface area contributed by atoms with Gasteiger partial charge in [-0.25, -0.2) is 0 Å². The Kier molecular flexibility index (Phi) is 4.34. The molecule has 0 unspecified atom stereocenters. The zero-order chi connectivity index (χ0) is 15.4. The second kappa shape index (κ2) is 6.19. The van der Waals surface area contributed by atoms with E-state index in [2.05, 4.69) is 6.07 Å². The predicted octanol–water partition coefficient (Wildman–Crippen LogP) is 3.70. The van der Waals surface area contributed by atoms with Crippen LogP contribution in [0.15, 0.2) is 42.5 Å². The average Bonchev–Trinajstić information content (AvgIpc) is 2.45. The molecule has 2 N–H and O–H groups in total. The minimum absolute atomic E-state index is 0.0800. The van der Waals surface area contributed by atoms with Crippen molar-refractivity contribution in [2.24, 2.45) is 0 Å². The molecular weight excluding hydrogens is 262 g/mol. The molecule has 21 heavy (non-hydrogen) atoms. The number of rotatable bonds is 4. The van der Waals surface area contributed by atoms with Crippen molar-refractivity contribution in [2.75, 3.05) is 17.7 Å². The van der Waals surface area contributed by atoms with E-state index < -0.39 is 0 Å². The number of hydrogen-bond acceptors (Lipinski definition) is 4. The molecule has 2 aromatic carbocycles. The smallest absolute Gasteiger partial charge is 0.123 e. The van der Waals surface area contributed by atoms with E-state index in [1.807, 2.05) is 56.1 Å². The van der Waals surface area contributed by atoms with Gasteiger partial charge in [-0.15, -0.1) is 0 Å². The van der Waals surface area contributed by atoms with Crippen LogP contribution in [0, 0.1) is 11.3 Å². The zero-order valence-corrected chi connectivity index (χ0v) is 12.5. The Morgan fingerprint density at radius 3 is 2.57 bits per heavy atom. The van der Waals surface area contributed by atoms with Crippen LogP contribution in [0.25, 0.3) is 0 Å². The normalized spacial score (nSPS) is 10.2. The van der Waals surface area contributed by atoms with Crippen LogP contribution in [0.5, 0.6) is 5.75 Å². The Labute approximate surface area is 125 Å². The molecular formula is C17H19N3O. The summed E-state index contributed by atoms with van der Waals surface area (Å²) in [6.45, 7) is 3.94. The second-order valence-corrected chi connectivity index (χ2v) is 5.11. The van der Waals surface area contributed by atoms with Crippen LogP contribution >= 0.6 is 0 Å². The third-order valence-electron chi connectivity index (χ3n) is 3.06. The van der Waals surface area contributed by atoms with Crippen molar-refractivity contribution in [2.45, 2.75) is 20.0 Å². The summed E-state index contributed by atoms with van der Waals surface area (Å²) in [5, 5.41) is 9.22. The van der Waals surface area contributed by atoms with Crippen LogP contribution < -0.4 is 15.4 Å². The minimum Gasteiger partial charge on any atom is -0.491 e. The molecule has 0 amide bonds. The fourth-order valence-electron chi connectivity index (χ4n) is 2.14. The van der Waals surface area contributed by atoms with Gasteiger partial charge in [0.15, 0.2) is 0 Å². The van der Waals surface area contributed by atoms with Gasteiger partial charge in [-0.2, -0.15) is 5.26 Å². The van der Waals surface area contributed by atoms with Gasteiger partial charge < -0.3 is 15.4 Å². The molecule has 0 spiro atoms. The number of nitriles is 1. The first-order valence-corrected chi connectivity index (χ1v) is 6.81. The first-order chi connectivity index (χ1) is 10.0. The highest BCUT2D eigenvalue weighted by molar-refractivity contribution is 5.72. The highest BCUT2D eigenvalue weighted by Crippen LogP contribution is 2.31. The minimum atomic E-state index is 0.0800. The van der Waals surface area contributed by atoms with Gasteiger partial charge in [0.1, 0.15) is 11.8 Å². The maximum absolute atomic E-state index is 9.22. The molecule has 0 atom stereocenters. The van der Waals surface area contributed by atoms with Crippen molar-refractivity contribution in [1.82, 2.24) is 0 Å². The van der Waals surface area contributed by atoms with Crippen molar-refractivity contribution < 1.29 is 4.74 Å². The molecule has 4 heteroatoms. The highest BCUT2D eigenvalue weighted by Gasteiger charge is 2.11. The molecule has 0 heterocycles. The molecule has 0 saturated carbocycles. The fraction of sp³-hybridized carbons (Fsp3) is 0.235. The lowest BCUT2D eigenvalue weighted by Gasteiger charge is -2.22. The quantitative estimate of drug-likeness (QED) is 0.868. The van der Waals surface area contributed by atoms with Gasteiger partial charge in [0.25, 0.3) is 0 Å². The lowest BCUT2D eigenvalue weighted by atomic mass is 10.1. The van der Waals surface area contributed by atoms with E-state index in [0.717, 1.165) is 17.1 Å². The van der Waals surface area contributed by atoms with Crippen molar-refractivity contribution in [3.63, 3.8) is 0 Å². The van der Waals surface area contributed by atoms with Crippen molar-refractivity contribution >= 4 is 17.1 Å². The molecule has 2 aromatic rings. The molecule has 2 rings (SSSR count). The summed E-state index contributed by atoms with van der Waals surface area (Å²) < 4.78 is 5.71. The Morgan fingerprint density at radius 1 is 1.19 bits per heavy atom. The summed E-state index contributed by atoms with van der Waals surface area (Å²) in [6, 6.07) is 15.2. The Balaban J connectivity index is 2.41. The molecule has 0 aliphatic rings. The second-order valence-electron chi connectivity index (χ2n) is 5.11. The van der Waals surface area contributed by atoms with Gasteiger partial charge >= 0.3 is 0 Å². The van der Waals surface area contributed by atoms with Gasteiger partial charge in [-0.3, -0.25) is 0 Å². The predicted molar refractivity (Wildman–Crippen MR) is 85.8 cm³/mol. The Bertz CT molecular complexity index is 674. The maximum atomic E-state index is 9.22. The summed E-state index contributed by atoms with van der Waals surface area (Å²) >= 11 is 0. The van der Waals surface area contributed by atoms with Crippen LogP contribution in [0.4, 0.5) is 17.1 Å². The van der Waals surface area contributed by atoms with E-state index in [1.54, 1.807) is 12.1 Å². The molecule has 0 radical (unpaired) electrons. The van der Waals surface area contributed by atoms with E-state index in [1.165, 1.54) is 0 Å². The van der Waals surface area contributed by atoms with Crippen LogP contribution in [-0.2, 0) is 0 Å². The van der Waals surface area contributed by atoms with E-state index in [0.29, 0.717) is 11.3 Å². The van der Waals surface area contributed by atoms with Gasteiger partial charge in [0.05, 0.1) is 17.4 Å². The molecule has 0 aliphatic carbocycles. The number of hydrogen-bond donors (Lipinski definition) is 1. The van der Waals surface area contributed by atoms with Gasteiger partial charge in [-0.1, -0.05) is 12.1 Å². The summed E-state index contributed by atoms with van der Waals surface area (Å²) in [5.74, 6) is 0.723. The number of benzene rings is 2. The summed E-state index contributed by atoms with van der Waals surface area (Å²) in [7, 11) is 1.91. The third kappa shape index (κ3) is 3.46. The molecule has 0 aromatic heterocycles. The molecule has 0 bridgehead atoms. The third-order valence-corrected chi connectivity index (χ3v) is 3.06. The SMILES string of the molecule is CC(C)Oc1cc(N)cc(N(C)c2ccccc2C#N)c1. The van der Waals surface area contributed by atoms with E-state index >= 15 is 0 Å². The summed E-state index contributed by atoms with van der Waals surface area (Å²) in [4.78, 5) is 1.93. The van der Waals surface area contributed by atoms with Crippen molar-refractivity contribution in [3.8, 4) is 11.8 Å². The zero-order valence-electron chi connectivity index (χ0n) is 12.5. The average molecular weight is 281 g/mol. The fourth-order valence-corrected chi connectivity index (χ4v) is 2.14. The first-order valence-electron chi connectivity index (χ1n) is 6.81. The van der Waals surface area contributed by atoms with Crippen molar-refractivity contribution in [3.05, 3.63) is 48.0 Å².